The van der Waals surface area contributed by atoms with Crippen LogP contribution in [0, 0.1) is 0 Å². The number of ether oxygens (including phenoxy) is 1. The molecule has 0 spiro atoms. The zero-order chi connectivity index (χ0) is 17.9. The van der Waals surface area contributed by atoms with Crippen LogP contribution in [-0.2, 0) is 11.3 Å². The van der Waals surface area contributed by atoms with Crippen molar-refractivity contribution in [2.45, 2.75) is 31.8 Å². The summed E-state index contributed by atoms with van der Waals surface area (Å²) in [4.78, 5) is 18.1. The largest absolute Gasteiger partial charge is 0.465 e. The molecule has 5 heteroatoms. The van der Waals surface area contributed by atoms with Crippen molar-refractivity contribution in [3.63, 3.8) is 0 Å². The molecule has 1 fully saturated rings. The predicted octanol–water partition coefficient (Wildman–Crippen LogP) is 3.39. The Morgan fingerprint density at radius 1 is 1.19 bits per heavy atom. The smallest absolute Gasteiger partial charge is 0.337 e. The van der Waals surface area contributed by atoms with E-state index in [4.69, 9.17) is 9.72 Å². The van der Waals surface area contributed by atoms with Crippen molar-refractivity contribution in [2.24, 2.45) is 0 Å². The van der Waals surface area contributed by atoms with Gasteiger partial charge in [0.05, 0.1) is 29.4 Å². The molecule has 26 heavy (non-hydrogen) atoms. The third kappa shape index (κ3) is 3.50. The van der Waals surface area contributed by atoms with Gasteiger partial charge in [-0.2, -0.15) is 0 Å². The number of piperidine rings is 1. The number of aromatic nitrogens is 1. The summed E-state index contributed by atoms with van der Waals surface area (Å²) in [7, 11) is 1.41. The van der Waals surface area contributed by atoms with Gasteiger partial charge in [0.1, 0.15) is 12.6 Å². The number of thiazole rings is 1. The molecule has 0 radical (unpaired) electrons. The number of fused-ring (bicyclic) bond motifs is 1. The lowest BCUT2D eigenvalue weighted by Crippen LogP contribution is -3.11. The number of nitrogens with one attached hydrogen (secondary N) is 1. The summed E-state index contributed by atoms with van der Waals surface area (Å²) >= 11 is 1.83. The number of rotatable bonds is 4. The number of methoxy groups -OCH3 is 1. The summed E-state index contributed by atoms with van der Waals surface area (Å²) in [6.07, 6.45) is 3.72. The van der Waals surface area contributed by atoms with Gasteiger partial charge < -0.3 is 9.64 Å². The highest BCUT2D eigenvalue weighted by Crippen LogP contribution is 2.28. The standard InChI is InChI=1S/C21H22N2O2S/c1-25-21(24)16-11-9-15(10-12-16)14-23-13-5-4-7-18(23)20-22-17-6-2-3-8-19(17)26-20/h2-3,6,8-12,18H,4-5,7,13-14H2,1H3/p+1/t18-/m1/s1. The highest BCUT2D eigenvalue weighted by Gasteiger charge is 2.30. The maximum atomic E-state index is 11.6. The SMILES string of the molecule is COC(=O)c1ccc(C[NH+]2CCCC[C@@H]2c2nc3ccccc3s2)cc1. The number of esters is 1. The van der Waals surface area contributed by atoms with Gasteiger partial charge in [-0.3, -0.25) is 0 Å². The molecule has 1 aliphatic heterocycles. The summed E-state index contributed by atoms with van der Waals surface area (Å²) in [5.74, 6) is -0.283. The van der Waals surface area contributed by atoms with E-state index in [1.165, 1.54) is 48.2 Å². The second-order valence-corrected chi connectivity index (χ2v) is 7.90. The fourth-order valence-corrected chi connectivity index (χ4v) is 4.93. The zero-order valence-corrected chi connectivity index (χ0v) is 15.7. The van der Waals surface area contributed by atoms with Crippen molar-refractivity contribution < 1.29 is 14.4 Å². The van der Waals surface area contributed by atoms with Gasteiger partial charge in [0.2, 0.25) is 0 Å². The quantitative estimate of drug-likeness (QED) is 0.719. The van der Waals surface area contributed by atoms with Gasteiger partial charge in [0, 0.05) is 12.0 Å². The van der Waals surface area contributed by atoms with E-state index in [1.807, 2.05) is 35.6 Å². The van der Waals surface area contributed by atoms with Gasteiger partial charge in [-0.15, -0.1) is 11.3 Å². The lowest BCUT2D eigenvalue weighted by molar-refractivity contribution is -0.950. The molecular formula is C21H23N2O2S+. The second-order valence-electron chi connectivity index (χ2n) is 6.84. The number of hydrogen-bond donors (Lipinski definition) is 1. The summed E-state index contributed by atoms with van der Waals surface area (Å²) in [6, 6.07) is 16.7. The summed E-state index contributed by atoms with van der Waals surface area (Å²) in [5, 5.41) is 1.26. The van der Waals surface area contributed by atoms with Gasteiger partial charge in [0.15, 0.2) is 5.01 Å². The van der Waals surface area contributed by atoms with E-state index >= 15 is 0 Å². The van der Waals surface area contributed by atoms with E-state index in [2.05, 4.69) is 24.3 Å². The van der Waals surface area contributed by atoms with Crippen molar-refractivity contribution in [2.75, 3.05) is 13.7 Å². The third-order valence-electron chi connectivity index (χ3n) is 5.15. The minimum absolute atomic E-state index is 0.283. The molecule has 1 aliphatic rings. The number of para-hydroxylation sites is 1. The van der Waals surface area contributed by atoms with Crippen molar-refractivity contribution >= 4 is 27.5 Å². The first-order valence-corrected chi connectivity index (χ1v) is 9.93. The van der Waals surface area contributed by atoms with Crippen LogP contribution in [0.5, 0.6) is 0 Å². The Morgan fingerprint density at radius 2 is 2.00 bits per heavy atom. The van der Waals surface area contributed by atoms with Crippen LogP contribution < -0.4 is 4.90 Å². The Bertz CT molecular complexity index is 871. The normalized spacial score (nSPS) is 20.2. The highest BCUT2D eigenvalue weighted by molar-refractivity contribution is 7.18. The van der Waals surface area contributed by atoms with Gasteiger partial charge in [0.25, 0.3) is 0 Å². The van der Waals surface area contributed by atoms with Crippen LogP contribution >= 0.6 is 11.3 Å². The minimum Gasteiger partial charge on any atom is -0.465 e. The molecule has 134 valence electrons. The van der Waals surface area contributed by atoms with Crippen LogP contribution in [0.15, 0.2) is 48.5 Å². The van der Waals surface area contributed by atoms with E-state index in [0.717, 1.165) is 12.1 Å². The fraction of sp³-hybridized carbons (Fsp3) is 0.333. The van der Waals surface area contributed by atoms with Gasteiger partial charge >= 0.3 is 5.97 Å². The molecule has 1 unspecified atom stereocenters. The van der Waals surface area contributed by atoms with Crippen molar-refractivity contribution in [1.29, 1.82) is 0 Å². The highest BCUT2D eigenvalue weighted by atomic mass is 32.1. The van der Waals surface area contributed by atoms with Crippen molar-refractivity contribution in [3.05, 3.63) is 64.7 Å². The van der Waals surface area contributed by atoms with Crippen LogP contribution in [0.4, 0.5) is 0 Å². The number of carbonyl (C=O) groups excluding carboxylic acids is 1. The van der Waals surface area contributed by atoms with Crippen molar-refractivity contribution in [1.82, 2.24) is 4.98 Å². The molecule has 0 saturated carbocycles. The van der Waals surface area contributed by atoms with Crippen LogP contribution in [0.3, 0.4) is 0 Å². The Hall–Kier alpha value is -2.24. The Labute approximate surface area is 157 Å². The fourth-order valence-electron chi connectivity index (χ4n) is 3.77. The third-order valence-corrected chi connectivity index (χ3v) is 6.30. The number of quaternary nitrogens is 1. The summed E-state index contributed by atoms with van der Waals surface area (Å²) in [5.41, 5.74) is 2.97. The molecule has 2 aromatic carbocycles. The van der Waals surface area contributed by atoms with E-state index in [0.29, 0.717) is 11.6 Å². The lowest BCUT2D eigenvalue weighted by Gasteiger charge is -2.31. The van der Waals surface area contributed by atoms with Crippen LogP contribution in [0.2, 0.25) is 0 Å². The maximum Gasteiger partial charge on any atom is 0.337 e. The minimum atomic E-state index is -0.283. The van der Waals surface area contributed by atoms with Crippen LogP contribution in [-0.4, -0.2) is 24.6 Å². The predicted molar refractivity (Wildman–Crippen MR) is 104 cm³/mol. The van der Waals surface area contributed by atoms with Gasteiger partial charge in [-0.05, 0) is 37.1 Å². The van der Waals surface area contributed by atoms with E-state index in [-0.39, 0.29) is 5.97 Å². The number of hydrogen-bond acceptors (Lipinski definition) is 4. The number of benzene rings is 2. The monoisotopic (exact) mass is 367 g/mol. The lowest BCUT2D eigenvalue weighted by atomic mass is 10.0. The molecule has 1 N–H and O–H groups in total. The first kappa shape index (κ1) is 17.2. The van der Waals surface area contributed by atoms with Gasteiger partial charge in [-0.1, -0.05) is 24.3 Å². The van der Waals surface area contributed by atoms with E-state index in [9.17, 15) is 4.79 Å². The molecule has 1 aromatic heterocycles. The first-order valence-electron chi connectivity index (χ1n) is 9.12. The molecule has 2 heterocycles. The number of carbonyl (C=O) groups is 1. The molecule has 3 aromatic rings. The topological polar surface area (TPSA) is 43.6 Å². The molecule has 0 aliphatic carbocycles. The molecule has 0 bridgehead atoms. The molecule has 2 atom stereocenters. The average Bonchev–Trinajstić information content (AvgIpc) is 3.12. The Morgan fingerprint density at radius 3 is 2.77 bits per heavy atom. The summed E-state index contributed by atoms with van der Waals surface area (Å²) in [6.45, 7) is 2.13. The average molecular weight is 367 g/mol. The van der Waals surface area contributed by atoms with Crippen LogP contribution in [0.25, 0.3) is 10.2 Å². The Kier molecular flexibility index (Phi) is 5.00. The first-order chi connectivity index (χ1) is 12.7. The molecular weight excluding hydrogens is 344 g/mol. The second kappa shape index (κ2) is 7.56. The van der Waals surface area contributed by atoms with E-state index < -0.39 is 0 Å². The van der Waals surface area contributed by atoms with Crippen molar-refractivity contribution in [3.8, 4) is 0 Å². The van der Waals surface area contributed by atoms with Gasteiger partial charge in [-0.25, -0.2) is 9.78 Å². The number of nitrogens with zero attached hydrogens (tertiary/aromatic N) is 1. The zero-order valence-electron chi connectivity index (χ0n) is 14.9. The number of likely N-dealkylation sites (tertiary alicyclic amines) is 1. The molecule has 4 nitrogen and oxygen atoms in total. The Balaban J connectivity index is 1.54. The molecule has 0 amide bonds. The molecule has 4 rings (SSSR count). The van der Waals surface area contributed by atoms with E-state index in [1.54, 1.807) is 4.90 Å². The molecule has 1 saturated heterocycles. The maximum absolute atomic E-state index is 11.6. The van der Waals surface area contributed by atoms with Crippen LogP contribution in [0.1, 0.15) is 46.2 Å². The summed E-state index contributed by atoms with van der Waals surface area (Å²) < 4.78 is 6.05.